The molecule has 7 heteroatoms. The summed E-state index contributed by atoms with van der Waals surface area (Å²) in [4.78, 5) is 12.0. The highest BCUT2D eigenvalue weighted by molar-refractivity contribution is 5.91. The first kappa shape index (κ1) is 23.2. The van der Waals surface area contributed by atoms with Crippen LogP contribution in [-0.4, -0.2) is 5.97 Å². The molecule has 1 saturated carbocycles. The highest BCUT2D eigenvalue weighted by Crippen LogP contribution is 2.38. The third kappa shape index (κ3) is 5.25. The van der Waals surface area contributed by atoms with Gasteiger partial charge in [0.15, 0.2) is 23.3 Å². The molecule has 168 valence electrons. The Hall–Kier alpha value is -2.44. The van der Waals surface area contributed by atoms with Crippen LogP contribution in [0.4, 0.5) is 22.0 Å². The van der Waals surface area contributed by atoms with Gasteiger partial charge in [0, 0.05) is 0 Å². The third-order valence-electron chi connectivity index (χ3n) is 6.04. The van der Waals surface area contributed by atoms with Crippen LogP contribution in [0.2, 0.25) is 0 Å². The summed E-state index contributed by atoms with van der Waals surface area (Å²) in [6.45, 7) is 2.20. The maximum absolute atomic E-state index is 13.8. The van der Waals surface area contributed by atoms with E-state index in [1.165, 1.54) is 50.7 Å². The fourth-order valence-corrected chi connectivity index (χ4v) is 4.22. The quantitative estimate of drug-likeness (QED) is 0.112. The van der Waals surface area contributed by atoms with E-state index in [0.29, 0.717) is 5.92 Å². The maximum Gasteiger partial charge on any atom is 0.349 e. The molecule has 1 aliphatic rings. The van der Waals surface area contributed by atoms with Gasteiger partial charge in [-0.05, 0) is 55.2 Å². The number of halogens is 5. The van der Waals surface area contributed by atoms with Gasteiger partial charge in [0.05, 0.1) is 0 Å². The molecule has 0 radical (unpaired) electrons. The minimum absolute atomic E-state index is 0.0362. The summed E-state index contributed by atoms with van der Waals surface area (Å²) < 4.78 is 72.1. The van der Waals surface area contributed by atoms with E-state index in [4.69, 9.17) is 4.74 Å². The summed E-state index contributed by atoms with van der Waals surface area (Å²) >= 11 is 0. The predicted molar refractivity (Wildman–Crippen MR) is 106 cm³/mol. The molecule has 2 nitrogen and oxygen atoms in total. The molecule has 0 unspecified atom stereocenters. The van der Waals surface area contributed by atoms with Crippen LogP contribution in [0, 0.1) is 35.0 Å². The van der Waals surface area contributed by atoms with E-state index in [1.807, 2.05) is 0 Å². The molecule has 2 aromatic rings. The van der Waals surface area contributed by atoms with E-state index in [2.05, 4.69) is 6.92 Å². The Bertz CT molecular complexity index is 890. The molecule has 3 rings (SSSR count). The molecule has 31 heavy (non-hydrogen) atoms. The van der Waals surface area contributed by atoms with E-state index in [1.54, 1.807) is 12.1 Å². The molecule has 0 bridgehead atoms. The number of hydrogen-bond donors (Lipinski definition) is 0. The van der Waals surface area contributed by atoms with Crippen LogP contribution in [-0.2, 0) is 0 Å². The van der Waals surface area contributed by atoms with Crippen molar-refractivity contribution >= 4 is 5.97 Å². The molecule has 0 saturated heterocycles. The van der Waals surface area contributed by atoms with Crippen LogP contribution < -0.4 is 4.74 Å². The smallest absolute Gasteiger partial charge is 0.349 e. The number of benzene rings is 2. The SMILES string of the molecule is CCCCCC1CCC(c2ccc(OC(=O)c3c(F)c(F)c(F)c(F)c3F)cc2)CC1. The van der Waals surface area contributed by atoms with Crippen molar-refractivity contribution in [1.29, 1.82) is 0 Å². The van der Waals surface area contributed by atoms with Crippen LogP contribution in [0.5, 0.6) is 5.75 Å². The van der Waals surface area contributed by atoms with Crippen LogP contribution in [0.1, 0.15) is 80.1 Å². The summed E-state index contributed by atoms with van der Waals surface area (Å²) in [5, 5.41) is 0. The summed E-state index contributed by atoms with van der Waals surface area (Å²) in [7, 11) is 0. The Morgan fingerprint density at radius 3 is 1.94 bits per heavy atom. The first-order chi connectivity index (χ1) is 14.8. The van der Waals surface area contributed by atoms with Gasteiger partial charge in [-0.3, -0.25) is 0 Å². The van der Waals surface area contributed by atoms with Crippen molar-refractivity contribution in [3.63, 3.8) is 0 Å². The Kier molecular flexibility index (Phi) is 7.68. The summed E-state index contributed by atoms with van der Waals surface area (Å²) in [6, 6.07) is 6.46. The molecule has 0 N–H and O–H groups in total. The van der Waals surface area contributed by atoms with Crippen LogP contribution in [0.25, 0.3) is 0 Å². The zero-order valence-corrected chi connectivity index (χ0v) is 17.3. The lowest BCUT2D eigenvalue weighted by molar-refractivity contribution is 0.0721. The first-order valence-electron chi connectivity index (χ1n) is 10.7. The molecular formula is C24H25F5O2. The number of carbonyl (C=O) groups excluding carboxylic acids is 1. The van der Waals surface area contributed by atoms with E-state index in [0.717, 1.165) is 24.3 Å². The van der Waals surface area contributed by atoms with Crippen LogP contribution >= 0.6 is 0 Å². The third-order valence-corrected chi connectivity index (χ3v) is 6.04. The average molecular weight is 440 g/mol. The molecule has 0 amide bonds. The van der Waals surface area contributed by atoms with Crippen molar-refractivity contribution in [3.05, 3.63) is 64.5 Å². The molecule has 2 aromatic carbocycles. The Balaban J connectivity index is 1.63. The van der Waals surface area contributed by atoms with Gasteiger partial charge < -0.3 is 4.74 Å². The normalized spacial score (nSPS) is 18.8. The van der Waals surface area contributed by atoms with Crippen LogP contribution in [0.15, 0.2) is 24.3 Å². The minimum Gasteiger partial charge on any atom is -0.423 e. The average Bonchev–Trinajstić information content (AvgIpc) is 2.78. The second-order valence-corrected chi connectivity index (χ2v) is 8.12. The second kappa shape index (κ2) is 10.2. The molecule has 1 fully saturated rings. The zero-order valence-electron chi connectivity index (χ0n) is 17.3. The second-order valence-electron chi connectivity index (χ2n) is 8.12. The number of carbonyl (C=O) groups is 1. The fraction of sp³-hybridized carbons (Fsp3) is 0.458. The molecular weight excluding hydrogens is 415 g/mol. The lowest BCUT2D eigenvalue weighted by atomic mass is 9.77. The Morgan fingerprint density at radius 1 is 0.839 bits per heavy atom. The number of hydrogen-bond acceptors (Lipinski definition) is 2. The van der Waals surface area contributed by atoms with E-state index in [-0.39, 0.29) is 5.75 Å². The van der Waals surface area contributed by atoms with Gasteiger partial charge in [-0.25, -0.2) is 26.7 Å². The highest BCUT2D eigenvalue weighted by atomic mass is 19.2. The van der Waals surface area contributed by atoms with E-state index < -0.39 is 40.6 Å². The van der Waals surface area contributed by atoms with Gasteiger partial charge in [-0.15, -0.1) is 0 Å². The topological polar surface area (TPSA) is 26.3 Å². The lowest BCUT2D eigenvalue weighted by Gasteiger charge is -2.29. The predicted octanol–water partition coefficient (Wildman–Crippen LogP) is 7.46. The molecule has 0 atom stereocenters. The molecule has 0 spiro atoms. The van der Waals surface area contributed by atoms with Gasteiger partial charge in [-0.1, -0.05) is 44.7 Å². The molecule has 0 aromatic heterocycles. The van der Waals surface area contributed by atoms with Crippen molar-refractivity contribution in [2.75, 3.05) is 0 Å². The van der Waals surface area contributed by atoms with Crippen molar-refractivity contribution in [3.8, 4) is 5.75 Å². The van der Waals surface area contributed by atoms with Crippen molar-refractivity contribution < 1.29 is 31.5 Å². The highest BCUT2D eigenvalue weighted by Gasteiger charge is 2.31. The number of ether oxygens (including phenoxy) is 1. The van der Waals surface area contributed by atoms with Crippen LogP contribution in [0.3, 0.4) is 0 Å². The van der Waals surface area contributed by atoms with E-state index in [9.17, 15) is 26.7 Å². The standard InChI is InChI=1S/C24H25F5O2/c1-2-3-4-5-14-6-8-15(9-7-14)16-10-12-17(13-11-16)31-24(30)18-19(25)21(27)23(29)22(28)20(18)26/h10-15H,2-9H2,1H3. The largest absolute Gasteiger partial charge is 0.423 e. The molecule has 0 aliphatic heterocycles. The fourth-order valence-electron chi connectivity index (χ4n) is 4.22. The number of rotatable bonds is 7. The van der Waals surface area contributed by atoms with Crippen molar-refractivity contribution in [2.45, 2.75) is 64.2 Å². The summed E-state index contributed by atoms with van der Waals surface area (Å²) in [5.74, 6) is -11.7. The van der Waals surface area contributed by atoms with Crippen molar-refractivity contribution in [1.82, 2.24) is 0 Å². The van der Waals surface area contributed by atoms with Gasteiger partial charge in [0.25, 0.3) is 0 Å². The first-order valence-corrected chi connectivity index (χ1v) is 10.7. The summed E-state index contributed by atoms with van der Waals surface area (Å²) in [5.41, 5.74) is -0.537. The van der Waals surface area contributed by atoms with Gasteiger partial charge >= 0.3 is 5.97 Å². The summed E-state index contributed by atoms with van der Waals surface area (Å²) in [6.07, 6.45) is 9.52. The lowest BCUT2D eigenvalue weighted by Crippen LogP contribution is -2.17. The molecule has 0 heterocycles. The van der Waals surface area contributed by atoms with Gasteiger partial charge in [0.1, 0.15) is 11.3 Å². The minimum atomic E-state index is -2.32. The van der Waals surface area contributed by atoms with E-state index >= 15 is 0 Å². The molecule has 1 aliphatic carbocycles. The monoisotopic (exact) mass is 440 g/mol. The van der Waals surface area contributed by atoms with Gasteiger partial charge in [0.2, 0.25) is 5.82 Å². The maximum atomic E-state index is 13.8. The number of esters is 1. The van der Waals surface area contributed by atoms with Crippen molar-refractivity contribution in [2.24, 2.45) is 5.92 Å². The van der Waals surface area contributed by atoms with Gasteiger partial charge in [-0.2, -0.15) is 0 Å². The Labute approximate surface area is 178 Å². The Morgan fingerprint density at radius 2 is 1.39 bits per heavy atom. The number of unbranched alkanes of at least 4 members (excludes halogenated alkanes) is 2. The zero-order chi connectivity index (χ0) is 22.5.